The van der Waals surface area contributed by atoms with E-state index in [1.165, 1.54) is 0 Å². The number of sulfonamides is 1. The Morgan fingerprint density at radius 1 is 1.40 bits per heavy atom. The Hall–Kier alpha value is -0.950. The molecule has 3 N–H and O–H groups in total. The van der Waals surface area contributed by atoms with Crippen LogP contribution in [0.3, 0.4) is 0 Å². The van der Waals surface area contributed by atoms with Gasteiger partial charge in [0.05, 0.1) is 11.9 Å². The van der Waals surface area contributed by atoms with Crippen molar-refractivity contribution < 1.29 is 13.2 Å². The van der Waals surface area contributed by atoms with Crippen LogP contribution in [0.5, 0.6) is 0 Å². The first-order valence-corrected chi connectivity index (χ1v) is 8.52. The van der Waals surface area contributed by atoms with Crippen molar-refractivity contribution in [3.63, 3.8) is 0 Å². The molecule has 0 aliphatic carbocycles. The maximum atomic E-state index is 12.1. The predicted molar refractivity (Wildman–Crippen MR) is 78.5 cm³/mol. The van der Waals surface area contributed by atoms with E-state index in [2.05, 4.69) is 4.72 Å². The second-order valence-electron chi connectivity index (χ2n) is 5.26. The molecule has 0 spiro atoms. The Morgan fingerprint density at radius 2 is 2.15 bits per heavy atom. The van der Waals surface area contributed by atoms with Crippen molar-refractivity contribution in [1.82, 2.24) is 4.72 Å². The van der Waals surface area contributed by atoms with Gasteiger partial charge in [-0.05, 0) is 24.5 Å². The van der Waals surface area contributed by atoms with Crippen LogP contribution in [0.4, 0.5) is 0 Å². The molecule has 5 nitrogen and oxygen atoms in total. The number of benzene rings is 1. The molecule has 1 saturated heterocycles. The molecular weight excluding hydrogens is 276 g/mol. The molecule has 1 aromatic rings. The Balaban J connectivity index is 1.93. The second kappa shape index (κ2) is 6.67. The van der Waals surface area contributed by atoms with Gasteiger partial charge in [-0.25, -0.2) is 13.1 Å². The molecule has 1 aliphatic rings. The van der Waals surface area contributed by atoms with Crippen molar-refractivity contribution in [2.75, 3.05) is 13.2 Å². The molecule has 6 heteroatoms. The zero-order valence-electron chi connectivity index (χ0n) is 11.7. The van der Waals surface area contributed by atoms with E-state index in [0.717, 1.165) is 17.5 Å². The van der Waals surface area contributed by atoms with Crippen molar-refractivity contribution in [3.8, 4) is 0 Å². The number of hydrogen-bond donors (Lipinski definition) is 2. The van der Waals surface area contributed by atoms with Crippen molar-refractivity contribution in [2.24, 2.45) is 11.7 Å². The number of nitrogens with one attached hydrogen (secondary N) is 1. The van der Waals surface area contributed by atoms with E-state index < -0.39 is 10.0 Å². The van der Waals surface area contributed by atoms with Gasteiger partial charge in [0.15, 0.2) is 0 Å². The fourth-order valence-electron chi connectivity index (χ4n) is 2.39. The third-order valence-corrected chi connectivity index (χ3v) is 5.00. The SMILES string of the molecule is CC1OCCC1CNS(=O)(=O)Cc1cccc(CN)c1. The maximum Gasteiger partial charge on any atom is 0.215 e. The smallest absolute Gasteiger partial charge is 0.215 e. The van der Waals surface area contributed by atoms with E-state index >= 15 is 0 Å². The van der Waals surface area contributed by atoms with Crippen LogP contribution in [0.15, 0.2) is 24.3 Å². The molecule has 1 aliphatic heterocycles. The molecule has 0 aromatic heterocycles. The van der Waals surface area contributed by atoms with Crippen LogP contribution in [0.2, 0.25) is 0 Å². The van der Waals surface area contributed by atoms with Gasteiger partial charge in [-0.15, -0.1) is 0 Å². The normalized spacial score (nSPS) is 23.1. The molecule has 0 saturated carbocycles. The van der Waals surface area contributed by atoms with Crippen LogP contribution in [-0.2, 0) is 27.1 Å². The lowest BCUT2D eigenvalue weighted by atomic mass is 10.0. The highest BCUT2D eigenvalue weighted by molar-refractivity contribution is 7.88. The molecule has 0 amide bonds. The van der Waals surface area contributed by atoms with E-state index in [0.29, 0.717) is 19.7 Å². The molecule has 2 unspecified atom stereocenters. The first-order valence-electron chi connectivity index (χ1n) is 6.87. The molecule has 0 radical (unpaired) electrons. The molecule has 2 rings (SSSR count). The minimum atomic E-state index is -3.32. The molecule has 0 bridgehead atoms. The quantitative estimate of drug-likeness (QED) is 0.820. The van der Waals surface area contributed by atoms with Crippen molar-refractivity contribution >= 4 is 10.0 Å². The van der Waals surface area contributed by atoms with Gasteiger partial charge in [-0.2, -0.15) is 0 Å². The van der Waals surface area contributed by atoms with Gasteiger partial charge >= 0.3 is 0 Å². The molecule has 1 aromatic carbocycles. The number of rotatable bonds is 6. The highest BCUT2D eigenvalue weighted by Gasteiger charge is 2.25. The van der Waals surface area contributed by atoms with Crippen LogP contribution in [0.25, 0.3) is 0 Å². The Labute approximate surface area is 120 Å². The van der Waals surface area contributed by atoms with E-state index in [4.69, 9.17) is 10.5 Å². The maximum absolute atomic E-state index is 12.1. The summed E-state index contributed by atoms with van der Waals surface area (Å²) >= 11 is 0. The zero-order valence-corrected chi connectivity index (χ0v) is 12.5. The van der Waals surface area contributed by atoms with Crippen LogP contribution < -0.4 is 10.5 Å². The minimum absolute atomic E-state index is 0.0111. The summed E-state index contributed by atoms with van der Waals surface area (Å²) in [7, 11) is -3.32. The van der Waals surface area contributed by atoms with E-state index in [1.54, 1.807) is 6.07 Å². The monoisotopic (exact) mass is 298 g/mol. The van der Waals surface area contributed by atoms with Gasteiger partial charge in [0, 0.05) is 25.6 Å². The first-order chi connectivity index (χ1) is 9.50. The fraction of sp³-hybridized carbons (Fsp3) is 0.571. The summed E-state index contributed by atoms with van der Waals surface area (Å²) in [4.78, 5) is 0. The average Bonchev–Trinajstić information content (AvgIpc) is 2.82. The van der Waals surface area contributed by atoms with Gasteiger partial charge in [-0.1, -0.05) is 24.3 Å². The molecular formula is C14H22N2O3S. The number of nitrogens with two attached hydrogens (primary N) is 1. The van der Waals surface area contributed by atoms with Crippen LogP contribution in [0, 0.1) is 5.92 Å². The number of ether oxygens (including phenoxy) is 1. The third kappa shape index (κ3) is 4.28. The van der Waals surface area contributed by atoms with Crippen LogP contribution >= 0.6 is 0 Å². The Morgan fingerprint density at radius 3 is 2.80 bits per heavy atom. The fourth-order valence-corrected chi connectivity index (χ4v) is 3.58. The molecule has 20 heavy (non-hydrogen) atoms. The summed E-state index contributed by atoms with van der Waals surface area (Å²) in [5.74, 6) is 0.253. The largest absolute Gasteiger partial charge is 0.378 e. The first kappa shape index (κ1) is 15.4. The van der Waals surface area contributed by atoms with Gasteiger partial charge in [0.25, 0.3) is 0 Å². The summed E-state index contributed by atoms with van der Waals surface area (Å²) in [5, 5.41) is 0. The second-order valence-corrected chi connectivity index (χ2v) is 7.06. The average molecular weight is 298 g/mol. The van der Waals surface area contributed by atoms with Crippen LogP contribution in [0.1, 0.15) is 24.5 Å². The topological polar surface area (TPSA) is 81.4 Å². The van der Waals surface area contributed by atoms with Crippen LogP contribution in [-0.4, -0.2) is 27.7 Å². The summed E-state index contributed by atoms with van der Waals surface area (Å²) in [5.41, 5.74) is 7.26. The minimum Gasteiger partial charge on any atom is -0.378 e. The highest BCUT2D eigenvalue weighted by Crippen LogP contribution is 2.19. The molecule has 1 heterocycles. The van der Waals surface area contributed by atoms with Gasteiger partial charge in [-0.3, -0.25) is 0 Å². The van der Waals surface area contributed by atoms with Crippen molar-refractivity contribution in [3.05, 3.63) is 35.4 Å². The zero-order chi connectivity index (χ0) is 14.6. The lowest BCUT2D eigenvalue weighted by Gasteiger charge is -2.15. The van der Waals surface area contributed by atoms with Crippen molar-refractivity contribution in [2.45, 2.75) is 31.7 Å². The molecule has 2 atom stereocenters. The lowest BCUT2D eigenvalue weighted by Crippen LogP contribution is -2.32. The molecule has 112 valence electrons. The Bertz CT molecular complexity index is 545. The summed E-state index contributed by atoms with van der Waals surface area (Å²) < 4.78 is 32.3. The van der Waals surface area contributed by atoms with Crippen molar-refractivity contribution in [1.29, 1.82) is 0 Å². The van der Waals surface area contributed by atoms with Gasteiger partial charge in [0.1, 0.15) is 0 Å². The Kier molecular flexibility index (Phi) is 5.15. The highest BCUT2D eigenvalue weighted by atomic mass is 32.2. The van der Waals surface area contributed by atoms with E-state index in [9.17, 15) is 8.42 Å². The standard InChI is InChI=1S/C14H22N2O3S/c1-11-14(5-6-19-11)9-16-20(17,18)10-13-4-2-3-12(7-13)8-15/h2-4,7,11,14,16H,5-6,8-10,15H2,1H3. The predicted octanol–water partition coefficient (Wildman–Crippen LogP) is 0.990. The van der Waals surface area contributed by atoms with Gasteiger partial charge < -0.3 is 10.5 Å². The van der Waals surface area contributed by atoms with E-state index in [1.807, 2.05) is 25.1 Å². The summed E-state index contributed by atoms with van der Waals surface area (Å²) in [6, 6.07) is 7.36. The molecule has 1 fully saturated rings. The van der Waals surface area contributed by atoms with Gasteiger partial charge in [0.2, 0.25) is 10.0 Å². The summed E-state index contributed by atoms with van der Waals surface area (Å²) in [6.45, 7) is 3.56. The summed E-state index contributed by atoms with van der Waals surface area (Å²) in [6.07, 6.45) is 1.03. The number of hydrogen-bond acceptors (Lipinski definition) is 4. The van der Waals surface area contributed by atoms with E-state index in [-0.39, 0.29) is 17.8 Å². The lowest BCUT2D eigenvalue weighted by molar-refractivity contribution is 0.107. The third-order valence-electron chi connectivity index (χ3n) is 3.68.